The van der Waals surface area contributed by atoms with Crippen LogP contribution in [0.15, 0.2) is 36.4 Å². The molecule has 0 aliphatic carbocycles. The zero-order valence-electron chi connectivity index (χ0n) is 24.5. The summed E-state index contributed by atoms with van der Waals surface area (Å²) >= 11 is 0. The number of amides is 3. The summed E-state index contributed by atoms with van der Waals surface area (Å²) in [6, 6.07) is 11.0. The number of carbonyl (C=O) groups is 3. The number of carbonyl (C=O) groups excluding carboxylic acids is 3. The molecule has 218 valence electrons. The fraction of sp³-hybridized carbons (Fsp3) is 0.516. The second-order valence-electron chi connectivity index (χ2n) is 10.0. The molecule has 2 aromatic rings. The molecule has 0 spiro atoms. The average molecular weight is 554 g/mol. The fourth-order valence-electron chi connectivity index (χ4n) is 5.02. The molecule has 1 N–H and O–H groups in total. The molecule has 9 nitrogen and oxygen atoms in total. The van der Waals surface area contributed by atoms with Crippen molar-refractivity contribution in [2.75, 3.05) is 47.5 Å². The van der Waals surface area contributed by atoms with Crippen molar-refractivity contribution in [3.8, 4) is 28.4 Å². The highest BCUT2D eigenvalue weighted by Crippen LogP contribution is 2.41. The van der Waals surface area contributed by atoms with Gasteiger partial charge in [0.25, 0.3) is 0 Å². The molecule has 2 aromatic carbocycles. The van der Waals surface area contributed by atoms with Gasteiger partial charge in [-0.05, 0) is 41.7 Å². The predicted molar refractivity (Wildman–Crippen MR) is 155 cm³/mol. The van der Waals surface area contributed by atoms with E-state index in [0.717, 1.165) is 48.8 Å². The molecule has 1 heterocycles. The largest absolute Gasteiger partial charge is 0.493 e. The van der Waals surface area contributed by atoms with Gasteiger partial charge in [0.1, 0.15) is 19.1 Å². The van der Waals surface area contributed by atoms with Gasteiger partial charge < -0.3 is 29.3 Å². The minimum Gasteiger partial charge on any atom is -0.493 e. The number of hydrogen-bond donors (Lipinski definition) is 1. The van der Waals surface area contributed by atoms with Crippen LogP contribution in [0.4, 0.5) is 0 Å². The molecule has 1 atom stereocenters. The van der Waals surface area contributed by atoms with Crippen LogP contribution in [0.5, 0.6) is 17.2 Å². The Morgan fingerprint density at radius 2 is 1.57 bits per heavy atom. The number of nitrogens with zero attached hydrogens (tertiary/aromatic N) is 2. The third kappa shape index (κ3) is 7.67. The molecule has 1 saturated heterocycles. The summed E-state index contributed by atoms with van der Waals surface area (Å²) in [5.74, 6) is 1.10. The molecule has 3 amide bonds. The van der Waals surface area contributed by atoms with Crippen molar-refractivity contribution in [2.45, 2.75) is 58.4 Å². The van der Waals surface area contributed by atoms with E-state index in [1.54, 1.807) is 26.2 Å². The lowest BCUT2D eigenvalue weighted by Gasteiger charge is -2.40. The second-order valence-corrected chi connectivity index (χ2v) is 10.0. The second kappa shape index (κ2) is 15.1. The average Bonchev–Trinajstić information content (AvgIpc) is 2.96. The van der Waals surface area contributed by atoms with Crippen LogP contribution in [0.3, 0.4) is 0 Å². The number of hydrogen-bond acceptors (Lipinski definition) is 6. The molecule has 1 aliphatic rings. The smallest absolute Gasteiger partial charge is 0.246 e. The Balaban J connectivity index is 1.74. The van der Waals surface area contributed by atoms with Crippen LogP contribution in [0.1, 0.15) is 51.5 Å². The Hall–Kier alpha value is -3.75. The predicted octanol–water partition coefficient (Wildman–Crippen LogP) is 4.07. The summed E-state index contributed by atoms with van der Waals surface area (Å²) in [5.41, 5.74) is 2.76. The summed E-state index contributed by atoms with van der Waals surface area (Å²) in [6.07, 6.45) is 5.34. The van der Waals surface area contributed by atoms with Gasteiger partial charge >= 0.3 is 0 Å². The lowest BCUT2D eigenvalue weighted by Crippen LogP contribution is -2.62. The minimum atomic E-state index is -0.648. The van der Waals surface area contributed by atoms with Crippen LogP contribution >= 0.6 is 0 Å². The van der Waals surface area contributed by atoms with E-state index in [2.05, 4.69) is 12.2 Å². The maximum absolute atomic E-state index is 13.5. The molecular formula is C31H43N3O6. The van der Waals surface area contributed by atoms with Crippen LogP contribution in [-0.4, -0.2) is 81.1 Å². The van der Waals surface area contributed by atoms with E-state index in [1.165, 1.54) is 4.90 Å². The van der Waals surface area contributed by atoms with Crippen molar-refractivity contribution in [1.29, 1.82) is 0 Å². The summed E-state index contributed by atoms with van der Waals surface area (Å²) in [4.78, 5) is 42.1. The highest BCUT2D eigenvalue weighted by molar-refractivity contribution is 5.97. The summed E-state index contributed by atoms with van der Waals surface area (Å²) in [7, 11) is 4.72. The maximum atomic E-state index is 13.5. The third-order valence-electron chi connectivity index (χ3n) is 7.15. The number of nitrogens with one attached hydrogen (secondary N) is 1. The van der Waals surface area contributed by atoms with E-state index in [4.69, 9.17) is 14.2 Å². The molecule has 3 rings (SSSR count). The van der Waals surface area contributed by atoms with Crippen LogP contribution in [0.2, 0.25) is 0 Å². The minimum absolute atomic E-state index is 0.0708. The van der Waals surface area contributed by atoms with Crippen LogP contribution in [0.25, 0.3) is 11.1 Å². The number of methoxy groups -OCH3 is 3. The van der Waals surface area contributed by atoms with E-state index < -0.39 is 6.04 Å². The fourth-order valence-corrected chi connectivity index (χ4v) is 5.02. The van der Waals surface area contributed by atoms with E-state index in [-0.39, 0.29) is 30.8 Å². The lowest BCUT2D eigenvalue weighted by atomic mass is 9.97. The van der Waals surface area contributed by atoms with Crippen molar-refractivity contribution < 1.29 is 28.6 Å². The van der Waals surface area contributed by atoms with Gasteiger partial charge in [0.05, 0.1) is 21.3 Å². The van der Waals surface area contributed by atoms with Crippen molar-refractivity contribution in [2.24, 2.45) is 0 Å². The zero-order chi connectivity index (χ0) is 29.1. The first-order valence-corrected chi connectivity index (χ1v) is 14.1. The molecule has 0 saturated carbocycles. The Morgan fingerprint density at radius 3 is 2.15 bits per heavy atom. The Labute approximate surface area is 237 Å². The summed E-state index contributed by atoms with van der Waals surface area (Å²) in [6.45, 7) is 5.03. The SMILES string of the molecule is CCCCCCNC(=O)CN1CC(=O)N(CCC)[C@@H](Cc2ccc(-c3cc(OC)c(OC)c(OC)c3)cc2)C1=O. The van der Waals surface area contributed by atoms with Gasteiger partial charge in [-0.3, -0.25) is 14.4 Å². The van der Waals surface area contributed by atoms with Gasteiger partial charge in [-0.1, -0.05) is 57.4 Å². The molecule has 0 aromatic heterocycles. The van der Waals surface area contributed by atoms with Crippen molar-refractivity contribution in [3.63, 3.8) is 0 Å². The molecule has 1 fully saturated rings. The van der Waals surface area contributed by atoms with Crippen molar-refractivity contribution in [3.05, 3.63) is 42.0 Å². The highest BCUT2D eigenvalue weighted by atomic mass is 16.5. The topological polar surface area (TPSA) is 97.4 Å². The van der Waals surface area contributed by atoms with Crippen LogP contribution in [0, 0.1) is 0 Å². The van der Waals surface area contributed by atoms with Crippen LogP contribution < -0.4 is 19.5 Å². The number of benzene rings is 2. The monoisotopic (exact) mass is 553 g/mol. The lowest BCUT2D eigenvalue weighted by molar-refractivity contribution is -0.157. The summed E-state index contributed by atoms with van der Waals surface area (Å²) in [5, 5.41) is 2.89. The van der Waals surface area contributed by atoms with Gasteiger partial charge in [0, 0.05) is 19.5 Å². The molecule has 9 heteroatoms. The standard InChI is InChI=1S/C31H43N3O6/c1-6-8-9-10-15-32-28(35)20-33-21-29(36)34(16-7-2)25(31(33)37)17-22-11-13-23(14-12-22)24-18-26(38-3)30(40-5)27(19-24)39-4/h11-14,18-19,25H,6-10,15-17,20-21H2,1-5H3,(H,32,35)/t25-/m0/s1. The van der Waals surface area contributed by atoms with Gasteiger partial charge in [-0.2, -0.15) is 0 Å². The zero-order valence-corrected chi connectivity index (χ0v) is 24.5. The van der Waals surface area contributed by atoms with E-state index in [0.29, 0.717) is 36.8 Å². The Morgan fingerprint density at radius 1 is 0.900 bits per heavy atom. The summed E-state index contributed by atoms with van der Waals surface area (Å²) < 4.78 is 16.4. The molecular weight excluding hydrogens is 510 g/mol. The number of rotatable bonds is 15. The van der Waals surface area contributed by atoms with Gasteiger partial charge in [-0.25, -0.2) is 0 Å². The number of piperazine rings is 1. The quantitative estimate of drug-likeness (QED) is 0.334. The molecule has 40 heavy (non-hydrogen) atoms. The number of unbranched alkanes of at least 4 members (excludes halogenated alkanes) is 3. The maximum Gasteiger partial charge on any atom is 0.246 e. The third-order valence-corrected chi connectivity index (χ3v) is 7.15. The van der Waals surface area contributed by atoms with Gasteiger partial charge in [-0.15, -0.1) is 0 Å². The van der Waals surface area contributed by atoms with Gasteiger partial charge in [0.2, 0.25) is 23.5 Å². The molecule has 1 aliphatic heterocycles. The van der Waals surface area contributed by atoms with Crippen molar-refractivity contribution in [1.82, 2.24) is 15.1 Å². The molecule has 0 bridgehead atoms. The van der Waals surface area contributed by atoms with E-state index in [1.807, 2.05) is 43.3 Å². The molecule has 0 unspecified atom stereocenters. The first-order valence-electron chi connectivity index (χ1n) is 14.1. The van der Waals surface area contributed by atoms with Crippen LogP contribution in [-0.2, 0) is 20.8 Å². The van der Waals surface area contributed by atoms with E-state index >= 15 is 0 Å². The Bertz CT molecular complexity index is 1130. The van der Waals surface area contributed by atoms with Crippen molar-refractivity contribution >= 4 is 17.7 Å². The number of ether oxygens (including phenoxy) is 3. The van der Waals surface area contributed by atoms with Gasteiger partial charge in [0.15, 0.2) is 11.5 Å². The first kappa shape index (κ1) is 30.8. The first-order chi connectivity index (χ1) is 19.4. The normalized spacial score (nSPS) is 15.3. The molecule has 0 radical (unpaired) electrons. The highest BCUT2D eigenvalue weighted by Gasteiger charge is 2.39. The van der Waals surface area contributed by atoms with E-state index in [9.17, 15) is 14.4 Å². The Kier molecular flexibility index (Phi) is 11.7.